The van der Waals surface area contributed by atoms with Crippen molar-refractivity contribution in [3.63, 3.8) is 0 Å². The van der Waals surface area contributed by atoms with Crippen LogP contribution in [0.2, 0.25) is 0 Å². The van der Waals surface area contributed by atoms with E-state index in [4.69, 9.17) is 0 Å². The Morgan fingerprint density at radius 1 is 1.25 bits per heavy atom. The number of rotatable bonds is 0. The van der Waals surface area contributed by atoms with Gasteiger partial charge in [-0.1, -0.05) is 11.6 Å². The molecule has 0 N–H and O–H groups in total. The van der Waals surface area contributed by atoms with E-state index in [0.29, 0.717) is 12.8 Å². The Labute approximate surface area is 70.5 Å². The van der Waals surface area contributed by atoms with E-state index in [2.05, 4.69) is 0 Å². The van der Waals surface area contributed by atoms with E-state index in [1.807, 2.05) is 13.0 Å². The quantitative estimate of drug-likeness (QED) is 0.496. The highest BCUT2D eigenvalue weighted by molar-refractivity contribution is 5.04. The smallest absolute Gasteiger partial charge is 0.171 e. The van der Waals surface area contributed by atoms with Gasteiger partial charge in [-0.15, -0.1) is 0 Å². The maximum absolute atomic E-state index is 12.2. The van der Waals surface area contributed by atoms with Crippen LogP contribution in [0.25, 0.3) is 0 Å². The minimum atomic E-state index is -3.97. The molecule has 0 spiro atoms. The predicted molar refractivity (Wildman–Crippen MR) is 41.8 cm³/mol. The van der Waals surface area contributed by atoms with Gasteiger partial charge in [0, 0.05) is 0 Å². The highest BCUT2D eigenvalue weighted by atomic mass is 19.4. The van der Waals surface area contributed by atoms with E-state index in [1.54, 1.807) is 0 Å². The third kappa shape index (κ3) is 2.26. The largest absolute Gasteiger partial charge is 0.391 e. The van der Waals surface area contributed by atoms with Gasteiger partial charge in [0.15, 0.2) is 0 Å². The molecular weight excluding hydrogens is 165 g/mol. The Balaban J connectivity index is 2.47. The third-order valence-electron chi connectivity index (χ3n) is 2.50. The molecule has 1 aliphatic carbocycles. The molecule has 0 unspecified atom stereocenters. The number of halogens is 3. The molecule has 1 rings (SSSR count). The van der Waals surface area contributed by atoms with Crippen molar-refractivity contribution in [3.8, 4) is 0 Å². The summed E-state index contributed by atoms with van der Waals surface area (Å²) in [5, 5.41) is 0. The summed E-state index contributed by atoms with van der Waals surface area (Å²) in [5.74, 6) is -1.05. The second kappa shape index (κ2) is 3.50. The molecule has 0 atom stereocenters. The van der Waals surface area contributed by atoms with Crippen molar-refractivity contribution in [1.29, 1.82) is 0 Å². The van der Waals surface area contributed by atoms with Gasteiger partial charge in [-0.25, -0.2) is 0 Å². The van der Waals surface area contributed by atoms with E-state index in [-0.39, 0.29) is 12.8 Å². The molecule has 0 aromatic rings. The molecule has 0 radical (unpaired) electrons. The van der Waals surface area contributed by atoms with Crippen molar-refractivity contribution >= 4 is 0 Å². The van der Waals surface area contributed by atoms with E-state index in [9.17, 15) is 13.2 Å². The molecule has 0 nitrogen and oxygen atoms in total. The Hall–Kier alpha value is -0.470. The first kappa shape index (κ1) is 9.62. The molecular formula is C9H13F3. The summed E-state index contributed by atoms with van der Waals surface area (Å²) >= 11 is 0. The average Bonchev–Trinajstić information content (AvgIpc) is 2.03. The van der Waals surface area contributed by atoms with Crippen LogP contribution in [-0.2, 0) is 0 Å². The lowest BCUT2D eigenvalue weighted by molar-refractivity contribution is -0.179. The topological polar surface area (TPSA) is 0 Å². The fraction of sp³-hybridized carbons (Fsp3) is 0.778. The first-order valence-electron chi connectivity index (χ1n) is 4.25. The summed E-state index contributed by atoms with van der Waals surface area (Å²) < 4.78 is 36.5. The summed E-state index contributed by atoms with van der Waals surface area (Å²) in [6, 6.07) is 0. The molecule has 70 valence electrons. The van der Waals surface area contributed by atoms with Gasteiger partial charge < -0.3 is 0 Å². The lowest BCUT2D eigenvalue weighted by Crippen LogP contribution is -2.25. The summed E-state index contributed by atoms with van der Waals surface area (Å²) in [6.07, 6.45) is -0.223. The highest BCUT2D eigenvalue weighted by Crippen LogP contribution is 2.38. The molecule has 0 saturated heterocycles. The fourth-order valence-electron chi connectivity index (χ4n) is 1.60. The van der Waals surface area contributed by atoms with Gasteiger partial charge in [0.25, 0.3) is 0 Å². The van der Waals surface area contributed by atoms with Gasteiger partial charge in [-0.05, 0) is 32.6 Å². The van der Waals surface area contributed by atoms with Gasteiger partial charge in [0.1, 0.15) is 0 Å². The van der Waals surface area contributed by atoms with Crippen LogP contribution in [0.4, 0.5) is 13.2 Å². The molecule has 12 heavy (non-hydrogen) atoms. The van der Waals surface area contributed by atoms with Gasteiger partial charge in [0.2, 0.25) is 0 Å². The average molecular weight is 178 g/mol. The van der Waals surface area contributed by atoms with Gasteiger partial charge >= 0.3 is 6.18 Å². The summed E-state index contributed by atoms with van der Waals surface area (Å²) in [6.45, 7) is 1.89. The van der Waals surface area contributed by atoms with Gasteiger partial charge in [-0.2, -0.15) is 13.2 Å². The molecule has 1 aliphatic rings. The van der Waals surface area contributed by atoms with Crippen LogP contribution in [-0.4, -0.2) is 6.18 Å². The van der Waals surface area contributed by atoms with Crippen molar-refractivity contribution in [1.82, 2.24) is 0 Å². The highest BCUT2D eigenvalue weighted by Gasteiger charge is 2.40. The Morgan fingerprint density at radius 3 is 2.08 bits per heavy atom. The van der Waals surface area contributed by atoms with Gasteiger partial charge in [0.05, 0.1) is 5.92 Å². The predicted octanol–water partition coefficient (Wildman–Crippen LogP) is 3.69. The molecule has 0 aromatic carbocycles. The number of hydrogen-bond donors (Lipinski definition) is 0. The van der Waals surface area contributed by atoms with Crippen LogP contribution in [0.5, 0.6) is 0 Å². The first-order valence-corrected chi connectivity index (χ1v) is 4.25. The van der Waals surface area contributed by atoms with Crippen molar-refractivity contribution in [2.45, 2.75) is 38.8 Å². The third-order valence-corrected chi connectivity index (χ3v) is 2.50. The number of hydrogen-bond acceptors (Lipinski definition) is 0. The molecule has 3 heteroatoms. The summed E-state index contributed by atoms with van der Waals surface area (Å²) in [7, 11) is 0. The minimum Gasteiger partial charge on any atom is -0.171 e. The van der Waals surface area contributed by atoms with Crippen molar-refractivity contribution in [3.05, 3.63) is 11.6 Å². The Bertz CT molecular complexity index is 169. The van der Waals surface area contributed by atoms with Crippen LogP contribution >= 0.6 is 0 Å². The zero-order chi connectivity index (χ0) is 9.19. The molecule has 0 aromatic heterocycles. The van der Waals surface area contributed by atoms with Crippen molar-refractivity contribution in [2.24, 2.45) is 5.92 Å². The normalized spacial score (nSPS) is 25.7. The zero-order valence-electron chi connectivity index (χ0n) is 7.12. The first-order chi connectivity index (χ1) is 5.54. The maximum atomic E-state index is 12.2. The molecule has 1 fully saturated rings. The van der Waals surface area contributed by atoms with Crippen LogP contribution in [0.1, 0.15) is 32.6 Å². The van der Waals surface area contributed by atoms with E-state index >= 15 is 0 Å². The number of allylic oxidation sites excluding steroid dienone is 2. The zero-order valence-corrected chi connectivity index (χ0v) is 7.12. The second-order valence-electron chi connectivity index (χ2n) is 3.26. The molecule has 1 saturated carbocycles. The Kier molecular flexibility index (Phi) is 2.80. The van der Waals surface area contributed by atoms with Crippen LogP contribution < -0.4 is 0 Å². The minimum absolute atomic E-state index is 0.281. The fourth-order valence-corrected chi connectivity index (χ4v) is 1.60. The molecule has 0 aliphatic heterocycles. The number of alkyl halides is 3. The maximum Gasteiger partial charge on any atom is 0.391 e. The van der Waals surface area contributed by atoms with Crippen LogP contribution in [0.15, 0.2) is 11.6 Å². The van der Waals surface area contributed by atoms with E-state index in [0.717, 1.165) is 0 Å². The van der Waals surface area contributed by atoms with Crippen molar-refractivity contribution < 1.29 is 13.2 Å². The lowest BCUT2D eigenvalue weighted by Gasteiger charge is -2.25. The lowest BCUT2D eigenvalue weighted by atomic mass is 9.85. The Morgan fingerprint density at radius 2 is 1.75 bits per heavy atom. The summed E-state index contributed by atoms with van der Waals surface area (Å²) in [5.41, 5.74) is 1.18. The molecule has 0 heterocycles. The monoisotopic (exact) mass is 178 g/mol. The van der Waals surface area contributed by atoms with Crippen molar-refractivity contribution in [2.75, 3.05) is 0 Å². The van der Waals surface area contributed by atoms with Gasteiger partial charge in [-0.3, -0.25) is 0 Å². The van der Waals surface area contributed by atoms with E-state index < -0.39 is 12.1 Å². The van der Waals surface area contributed by atoms with Crippen LogP contribution in [0, 0.1) is 5.92 Å². The SMILES string of the molecule is CC=C1CCC(C(F)(F)F)CC1. The summed E-state index contributed by atoms with van der Waals surface area (Å²) in [4.78, 5) is 0. The van der Waals surface area contributed by atoms with Crippen LogP contribution in [0.3, 0.4) is 0 Å². The molecule has 0 bridgehead atoms. The molecule has 0 amide bonds. The van der Waals surface area contributed by atoms with E-state index in [1.165, 1.54) is 5.57 Å². The standard InChI is InChI=1S/C9H13F3/c1-2-7-3-5-8(6-4-7)9(10,11)12/h2,8H,3-6H2,1H3. The second-order valence-corrected chi connectivity index (χ2v) is 3.26.